The predicted molar refractivity (Wildman–Crippen MR) is 108 cm³/mol. The van der Waals surface area contributed by atoms with Crippen LogP contribution in [0.15, 0.2) is 81.0 Å². The van der Waals surface area contributed by atoms with E-state index >= 15 is 0 Å². The summed E-state index contributed by atoms with van der Waals surface area (Å²) in [4.78, 5) is 12.5. The first-order chi connectivity index (χ1) is 13.3. The van der Waals surface area contributed by atoms with Gasteiger partial charge in [0.25, 0.3) is 5.91 Å². The molecule has 1 amide bonds. The third kappa shape index (κ3) is 4.40. The monoisotopic (exact) mass is 462 g/mol. The van der Waals surface area contributed by atoms with E-state index < -0.39 is 21.6 Å². The number of carbonyl (C=O) groups excluding carboxylic acids is 1. The number of benzene rings is 3. The minimum absolute atomic E-state index is 0.131. The van der Waals surface area contributed by atoms with E-state index in [4.69, 9.17) is 0 Å². The van der Waals surface area contributed by atoms with Gasteiger partial charge in [0, 0.05) is 4.47 Å². The van der Waals surface area contributed by atoms with E-state index in [1.165, 1.54) is 36.4 Å². The molecule has 0 aliphatic carbocycles. The third-order valence-electron chi connectivity index (χ3n) is 3.99. The maximum atomic E-state index is 13.3. The molecule has 28 heavy (non-hydrogen) atoms. The van der Waals surface area contributed by atoms with Crippen molar-refractivity contribution in [2.45, 2.75) is 16.7 Å². The van der Waals surface area contributed by atoms with Gasteiger partial charge in [-0.3, -0.25) is 15.6 Å². The van der Waals surface area contributed by atoms with Gasteiger partial charge in [-0.2, -0.15) is 0 Å². The molecule has 0 aliphatic heterocycles. The number of rotatable bonds is 5. The molecule has 3 rings (SSSR count). The zero-order chi connectivity index (χ0) is 20.3. The average Bonchev–Trinajstić information content (AvgIpc) is 2.68. The van der Waals surface area contributed by atoms with Gasteiger partial charge in [-0.1, -0.05) is 17.7 Å². The van der Waals surface area contributed by atoms with Crippen LogP contribution in [0.3, 0.4) is 0 Å². The SMILES string of the molecule is Cc1ccc(S(=O)(=O)c2ccc(NNC(=O)c3cc(F)ccc3Br)cc2)cc1. The Balaban J connectivity index is 1.71. The molecule has 0 spiro atoms. The van der Waals surface area contributed by atoms with Gasteiger partial charge in [0.1, 0.15) is 5.82 Å². The van der Waals surface area contributed by atoms with Gasteiger partial charge in [0.2, 0.25) is 9.84 Å². The first kappa shape index (κ1) is 20.0. The van der Waals surface area contributed by atoms with Crippen molar-refractivity contribution in [3.63, 3.8) is 0 Å². The summed E-state index contributed by atoms with van der Waals surface area (Å²) in [7, 11) is -3.62. The average molecular weight is 463 g/mol. The second-order valence-corrected chi connectivity index (χ2v) is 8.85. The fraction of sp³-hybridized carbons (Fsp3) is 0.0500. The normalized spacial score (nSPS) is 11.1. The number of hydrogen-bond acceptors (Lipinski definition) is 4. The Kier molecular flexibility index (Phi) is 5.81. The smallest absolute Gasteiger partial charge is 0.270 e. The number of carbonyl (C=O) groups is 1. The number of halogens is 2. The number of sulfone groups is 1. The van der Waals surface area contributed by atoms with Crippen molar-refractivity contribution in [2.75, 3.05) is 5.43 Å². The largest absolute Gasteiger partial charge is 0.298 e. The Morgan fingerprint density at radius 3 is 2.11 bits per heavy atom. The number of nitrogens with one attached hydrogen (secondary N) is 2. The molecule has 0 atom stereocenters. The highest BCUT2D eigenvalue weighted by Crippen LogP contribution is 2.23. The van der Waals surface area contributed by atoms with Crippen LogP contribution in [0.5, 0.6) is 0 Å². The molecule has 5 nitrogen and oxygen atoms in total. The van der Waals surface area contributed by atoms with Crippen LogP contribution in [-0.4, -0.2) is 14.3 Å². The number of hydrazine groups is 1. The van der Waals surface area contributed by atoms with Crippen LogP contribution in [0.1, 0.15) is 15.9 Å². The van der Waals surface area contributed by atoms with Crippen LogP contribution >= 0.6 is 15.9 Å². The second kappa shape index (κ2) is 8.12. The van der Waals surface area contributed by atoms with E-state index in [1.54, 1.807) is 24.3 Å². The molecule has 2 N–H and O–H groups in total. The highest BCUT2D eigenvalue weighted by atomic mass is 79.9. The quantitative estimate of drug-likeness (QED) is 0.547. The molecule has 0 radical (unpaired) electrons. The van der Waals surface area contributed by atoms with Crippen molar-refractivity contribution in [3.05, 3.63) is 88.1 Å². The van der Waals surface area contributed by atoms with E-state index in [-0.39, 0.29) is 15.4 Å². The lowest BCUT2D eigenvalue weighted by Crippen LogP contribution is -2.29. The molecule has 0 bridgehead atoms. The van der Waals surface area contributed by atoms with Crippen LogP contribution in [0.4, 0.5) is 10.1 Å². The molecule has 0 saturated carbocycles. The summed E-state index contributed by atoms with van der Waals surface area (Å²) in [6.45, 7) is 1.88. The molecule has 0 saturated heterocycles. The van der Waals surface area contributed by atoms with Crippen molar-refractivity contribution in [2.24, 2.45) is 0 Å². The lowest BCUT2D eigenvalue weighted by atomic mass is 10.2. The molecule has 0 heterocycles. The summed E-state index contributed by atoms with van der Waals surface area (Å²) in [6, 6.07) is 16.3. The summed E-state index contributed by atoms with van der Waals surface area (Å²) >= 11 is 3.19. The van der Waals surface area contributed by atoms with E-state index in [0.717, 1.165) is 11.6 Å². The maximum Gasteiger partial charge on any atom is 0.270 e. The molecule has 0 aliphatic rings. The van der Waals surface area contributed by atoms with Gasteiger partial charge in [-0.05, 0) is 77.5 Å². The van der Waals surface area contributed by atoms with Gasteiger partial charge in [-0.15, -0.1) is 0 Å². The topological polar surface area (TPSA) is 75.3 Å². The number of amides is 1. The van der Waals surface area contributed by atoms with Crippen LogP contribution < -0.4 is 10.9 Å². The van der Waals surface area contributed by atoms with E-state index in [2.05, 4.69) is 26.8 Å². The molecule has 0 fully saturated rings. The van der Waals surface area contributed by atoms with Gasteiger partial charge < -0.3 is 0 Å². The Hall–Kier alpha value is -2.71. The molecule has 3 aromatic rings. The lowest BCUT2D eigenvalue weighted by molar-refractivity contribution is 0.0961. The highest BCUT2D eigenvalue weighted by Gasteiger charge is 2.17. The maximum absolute atomic E-state index is 13.3. The highest BCUT2D eigenvalue weighted by molar-refractivity contribution is 9.10. The minimum atomic E-state index is -3.62. The molecule has 0 unspecified atom stereocenters. The Morgan fingerprint density at radius 1 is 0.929 bits per heavy atom. The molecular formula is C20H16BrFN2O3S. The van der Waals surface area contributed by atoms with E-state index in [1.807, 2.05) is 6.92 Å². The molecule has 8 heteroatoms. The fourth-order valence-electron chi connectivity index (χ4n) is 2.44. The number of aryl methyl sites for hydroxylation is 1. The van der Waals surface area contributed by atoms with E-state index in [9.17, 15) is 17.6 Å². The van der Waals surface area contributed by atoms with Crippen LogP contribution in [-0.2, 0) is 9.84 Å². The van der Waals surface area contributed by atoms with Gasteiger partial charge in [0.05, 0.1) is 21.0 Å². The zero-order valence-corrected chi connectivity index (χ0v) is 17.1. The van der Waals surface area contributed by atoms with Crippen LogP contribution in [0, 0.1) is 12.7 Å². The molecule has 3 aromatic carbocycles. The summed E-state index contributed by atoms with van der Waals surface area (Å²) in [5.74, 6) is -1.07. The van der Waals surface area contributed by atoms with Gasteiger partial charge >= 0.3 is 0 Å². The van der Waals surface area contributed by atoms with Crippen molar-refractivity contribution < 1.29 is 17.6 Å². The van der Waals surface area contributed by atoms with Gasteiger partial charge in [0.15, 0.2) is 0 Å². The summed E-state index contributed by atoms with van der Waals surface area (Å²) in [6.07, 6.45) is 0. The van der Waals surface area contributed by atoms with Crippen molar-refractivity contribution >= 4 is 37.4 Å². The van der Waals surface area contributed by atoms with Crippen LogP contribution in [0.25, 0.3) is 0 Å². The summed E-state index contributed by atoms with van der Waals surface area (Å²) < 4.78 is 39.1. The fourth-order valence-corrected chi connectivity index (χ4v) is 4.13. The Labute approximate surface area is 170 Å². The molecular weight excluding hydrogens is 447 g/mol. The first-order valence-electron chi connectivity index (χ1n) is 8.20. The zero-order valence-electron chi connectivity index (χ0n) is 14.7. The van der Waals surface area contributed by atoms with E-state index in [0.29, 0.717) is 10.2 Å². The Morgan fingerprint density at radius 2 is 1.50 bits per heavy atom. The standard InChI is InChI=1S/C20H16BrFN2O3S/c1-13-2-7-16(8-3-13)28(26,27)17-9-5-15(6-10-17)23-24-20(25)18-12-14(22)4-11-19(18)21/h2-12,23H,1H3,(H,24,25). The van der Waals surface area contributed by atoms with Crippen molar-refractivity contribution in [1.82, 2.24) is 5.43 Å². The van der Waals surface area contributed by atoms with Crippen molar-refractivity contribution in [1.29, 1.82) is 0 Å². The van der Waals surface area contributed by atoms with Crippen molar-refractivity contribution in [3.8, 4) is 0 Å². The summed E-state index contributed by atoms with van der Waals surface area (Å²) in [5.41, 5.74) is 6.70. The summed E-state index contributed by atoms with van der Waals surface area (Å²) in [5, 5.41) is 0. The first-order valence-corrected chi connectivity index (χ1v) is 10.5. The lowest BCUT2D eigenvalue weighted by Gasteiger charge is -2.11. The number of anilines is 1. The number of hydrogen-bond donors (Lipinski definition) is 2. The minimum Gasteiger partial charge on any atom is -0.298 e. The second-order valence-electron chi connectivity index (χ2n) is 6.04. The van der Waals surface area contributed by atoms with Crippen LogP contribution in [0.2, 0.25) is 0 Å². The van der Waals surface area contributed by atoms with Gasteiger partial charge in [-0.25, -0.2) is 12.8 Å². The predicted octanol–water partition coefficient (Wildman–Crippen LogP) is 4.49. The third-order valence-corrected chi connectivity index (χ3v) is 6.47. The molecule has 0 aromatic heterocycles. The molecule has 144 valence electrons. The Bertz CT molecular complexity index is 1120.